The van der Waals surface area contributed by atoms with Gasteiger partial charge < -0.3 is 14.2 Å². The van der Waals surface area contributed by atoms with E-state index in [1.54, 1.807) is 11.9 Å². The van der Waals surface area contributed by atoms with Gasteiger partial charge in [-0.25, -0.2) is 9.97 Å². The molecule has 28 heavy (non-hydrogen) atoms. The van der Waals surface area contributed by atoms with Gasteiger partial charge in [0.1, 0.15) is 17.9 Å². The Labute approximate surface area is 165 Å². The van der Waals surface area contributed by atoms with Crippen molar-refractivity contribution < 1.29 is 9.21 Å². The third kappa shape index (κ3) is 3.13. The van der Waals surface area contributed by atoms with E-state index in [1.807, 2.05) is 25.1 Å². The second kappa shape index (κ2) is 7.26. The second-order valence-corrected chi connectivity index (χ2v) is 7.59. The number of rotatable bonds is 3. The van der Waals surface area contributed by atoms with Gasteiger partial charge in [-0.3, -0.25) is 4.79 Å². The Hall–Kier alpha value is -2.89. The number of benzene rings is 1. The van der Waals surface area contributed by atoms with Crippen molar-refractivity contribution >= 4 is 28.5 Å². The standard InChI is InChI=1S/C22H26N4O2/c1-14-8-9-17(12-15(14)2)25(4)22(27)18-16(3)28-21-19(18)20(23-13-24-21)26-10-6-5-7-11-26/h8-9,12-13H,5-7,10-11H2,1-4H3. The Balaban J connectivity index is 1.79. The lowest BCUT2D eigenvalue weighted by Gasteiger charge is -2.28. The number of amides is 1. The Bertz CT molecular complexity index is 1030. The maximum absolute atomic E-state index is 13.5. The van der Waals surface area contributed by atoms with E-state index in [4.69, 9.17) is 4.42 Å². The van der Waals surface area contributed by atoms with Crippen molar-refractivity contribution in [2.24, 2.45) is 0 Å². The molecule has 0 atom stereocenters. The molecule has 1 aliphatic heterocycles. The van der Waals surface area contributed by atoms with E-state index in [1.165, 1.54) is 18.3 Å². The fourth-order valence-electron chi connectivity index (χ4n) is 3.85. The van der Waals surface area contributed by atoms with Crippen LogP contribution in [0.5, 0.6) is 0 Å². The minimum atomic E-state index is -0.104. The lowest BCUT2D eigenvalue weighted by Crippen LogP contribution is -2.31. The molecule has 2 aromatic heterocycles. The number of aryl methyl sites for hydroxylation is 3. The monoisotopic (exact) mass is 378 g/mol. The van der Waals surface area contributed by atoms with Gasteiger partial charge in [0, 0.05) is 25.8 Å². The van der Waals surface area contributed by atoms with Crippen LogP contribution in [0.15, 0.2) is 28.9 Å². The first-order valence-corrected chi connectivity index (χ1v) is 9.81. The quantitative estimate of drug-likeness (QED) is 0.675. The highest BCUT2D eigenvalue weighted by molar-refractivity contribution is 6.16. The number of fused-ring (bicyclic) bond motifs is 1. The summed E-state index contributed by atoms with van der Waals surface area (Å²) in [5.74, 6) is 1.28. The van der Waals surface area contributed by atoms with E-state index in [9.17, 15) is 4.79 Å². The minimum absolute atomic E-state index is 0.104. The molecule has 6 nitrogen and oxygen atoms in total. The SMILES string of the molecule is Cc1ccc(N(C)C(=O)c2c(C)oc3ncnc(N4CCCCC4)c23)cc1C. The molecule has 146 valence electrons. The van der Waals surface area contributed by atoms with Crippen LogP contribution in [0.25, 0.3) is 11.1 Å². The van der Waals surface area contributed by atoms with E-state index < -0.39 is 0 Å². The van der Waals surface area contributed by atoms with E-state index in [-0.39, 0.29) is 5.91 Å². The summed E-state index contributed by atoms with van der Waals surface area (Å²) < 4.78 is 5.86. The summed E-state index contributed by atoms with van der Waals surface area (Å²) in [7, 11) is 1.80. The normalized spacial score (nSPS) is 14.5. The number of hydrogen-bond donors (Lipinski definition) is 0. The molecule has 0 spiro atoms. The fraction of sp³-hybridized carbons (Fsp3) is 0.409. The number of aromatic nitrogens is 2. The molecule has 1 amide bonds. The third-order valence-electron chi connectivity index (χ3n) is 5.70. The molecule has 1 aliphatic rings. The number of piperidine rings is 1. The Morgan fingerprint density at radius 1 is 1.07 bits per heavy atom. The molecule has 6 heteroatoms. The highest BCUT2D eigenvalue weighted by Crippen LogP contribution is 2.34. The van der Waals surface area contributed by atoms with Gasteiger partial charge in [-0.15, -0.1) is 0 Å². The molecular formula is C22H26N4O2. The van der Waals surface area contributed by atoms with Crippen LogP contribution in [-0.2, 0) is 0 Å². The van der Waals surface area contributed by atoms with Gasteiger partial charge in [0.15, 0.2) is 0 Å². The van der Waals surface area contributed by atoms with Gasteiger partial charge in [0.05, 0.1) is 10.9 Å². The summed E-state index contributed by atoms with van der Waals surface area (Å²) in [4.78, 5) is 26.2. The summed E-state index contributed by atoms with van der Waals surface area (Å²) in [6.07, 6.45) is 5.02. The van der Waals surface area contributed by atoms with Crippen LogP contribution >= 0.6 is 0 Å². The van der Waals surface area contributed by atoms with Crippen molar-refractivity contribution in [3.05, 3.63) is 47.0 Å². The summed E-state index contributed by atoms with van der Waals surface area (Å²) in [6, 6.07) is 6.05. The first-order chi connectivity index (χ1) is 13.5. The zero-order chi connectivity index (χ0) is 19.8. The number of furan rings is 1. The molecule has 0 bridgehead atoms. The second-order valence-electron chi connectivity index (χ2n) is 7.59. The average Bonchev–Trinajstić information content (AvgIpc) is 3.05. The van der Waals surface area contributed by atoms with Gasteiger partial charge >= 0.3 is 0 Å². The fourth-order valence-corrected chi connectivity index (χ4v) is 3.85. The molecule has 0 aliphatic carbocycles. The van der Waals surface area contributed by atoms with Crippen molar-refractivity contribution in [3.63, 3.8) is 0 Å². The van der Waals surface area contributed by atoms with E-state index in [0.717, 1.165) is 48.4 Å². The van der Waals surface area contributed by atoms with Gasteiger partial charge in [-0.2, -0.15) is 0 Å². The Morgan fingerprint density at radius 2 is 1.82 bits per heavy atom. The van der Waals surface area contributed by atoms with Crippen LogP contribution in [0, 0.1) is 20.8 Å². The van der Waals surface area contributed by atoms with Gasteiger partial charge in [-0.05, 0) is 63.3 Å². The van der Waals surface area contributed by atoms with Crippen LogP contribution in [0.3, 0.4) is 0 Å². The van der Waals surface area contributed by atoms with Crippen molar-refractivity contribution in [2.45, 2.75) is 40.0 Å². The van der Waals surface area contributed by atoms with Crippen molar-refractivity contribution in [2.75, 3.05) is 29.9 Å². The summed E-state index contributed by atoms with van der Waals surface area (Å²) in [6.45, 7) is 7.83. The van der Waals surface area contributed by atoms with Gasteiger partial charge in [0.2, 0.25) is 5.71 Å². The Kier molecular flexibility index (Phi) is 4.79. The molecule has 3 heterocycles. The van der Waals surface area contributed by atoms with Crippen LogP contribution < -0.4 is 9.80 Å². The number of hydrogen-bond acceptors (Lipinski definition) is 5. The highest BCUT2D eigenvalue weighted by atomic mass is 16.3. The molecule has 0 unspecified atom stereocenters. The van der Waals surface area contributed by atoms with Crippen LogP contribution in [-0.4, -0.2) is 36.0 Å². The molecule has 0 N–H and O–H groups in total. The summed E-state index contributed by atoms with van der Waals surface area (Å²) in [5, 5.41) is 0.725. The van der Waals surface area contributed by atoms with E-state index in [0.29, 0.717) is 17.0 Å². The Morgan fingerprint density at radius 3 is 2.54 bits per heavy atom. The predicted molar refractivity (Wildman–Crippen MR) is 111 cm³/mol. The predicted octanol–water partition coefficient (Wildman–Crippen LogP) is 4.41. The molecule has 0 radical (unpaired) electrons. The zero-order valence-electron chi connectivity index (χ0n) is 17.0. The molecule has 0 saturated carbocycles. The maximum atomic E-state index is 13.5. The van der Waals surface area contributed by atoms with Crippen molar-refractivity contribution in [3.8, 4) is 0 Å². The van der Waals surface area contributed by atoms with E-state index in [2.05, 4.69) is 28.7 Å². The topological polar surface area (TPSA) is 62.5 Å². The zero-order valence-corrected chi connectivity index (χ0v) is 17.0. The molecule has 3 aromatic rings. The molecule has 4 rings (SSSR count). The smallest absolute Gasteiger partial charge is 0.262 e. The van der Waals surface area contributed by atoms with Gasteiger partial charge in [-0.1, -0.05) is 6.07 Å². The average molecular weight is 378 g/mol. The van der Waals surface area contributed by atoms with Crippen molar-refractivity contribution in [1.82, 2.24) is 9.97 Å². The lowest BCUT2D eigenvalue weighted by atomic mass is 10.1. The van der Waals surface area contributed by atoms with Crippen LogP contribution in [0.2, 0.25) is 0 Å². The maximum Gasteiger partial charge on any atom is 0.262 e. The molecule has 1 fully saturated rings. The minimum Gasteiger partial charge on any atom is -0.442 e. The molecular weight excluding hydrogens is 352 g/mol. The first kappa shape index (κ1) is 18.5. The van der Waals surface area contributed by atoms with Gasteiger partial charge in [0.25, 0.3) is 5.91 Å². The van der Waals surface area contributed by atoms with Crippen molar-refractivity contribution in [1.29, 1.82) is 0 Å². The first-order valence-electron chi connectivity index (χ1n) is 9.81. The number of carbonyl (C=O) groups is 1. The largest absolute Gasteiger partial charge is 0.442 e. The molecule has 1 aromatic carbocycles. The summed E-state index contributed by atoms with van der Waals surface area (Å²) >= 11 is 0. The molecule has 1 saturated heterocycles. The number of anilines is 2. The third-order valence-corrected chi connectivity index (χ3v) is 5.70. The summed E-state index contributed by atoms with van der Waals surface area (Å²) in [5.41, 5.74) is 4.25. The van der Waals surface area contributed by atoms with Crippen LogP contribution in [0.1, 0.15) is 46.5 Å². The number of carbonyl (C=O) groups excluding carboxylic acids is 1. The lowest BCUT2D eigenvalue weighted by molar-refractivity contribution is 0.0993. The number of nitrogens with zero attached hydrogens (tertiary/aromatic N) is 4. The van der Waals surface area contributed by atoms with Crippen LogP contribution in [0.4, 0.5) is 11.5 Å². The van der Waals surface area contributed by atoms with E-state index >= 15 is 0 Å². The highest BCUT2D eigenvalue weighted by Gasteiger charge is 2.28.